The van der Waals surface area contributed by atoms with E-state index >= 15 is 0 Å². The summed E-state index contributed by atoms with van der Waals surface area (Å²) in [6, 6.07) is -0.133. The van der Waals surface area contributed by atoms with E-state index in [0.717, 1.165) is 11.4 Å². The molecule has 5 nitrogen and oxygen atoms in total. The number of rotatable bonds is 5. The van der Waals surface area contributed by atoms with Crippen molar-refractivity contribution in [1.82, 2.24) is 20.3 Å². The fourth-order valence-corrected chi connectivity index (χ4v) is 2.74. The van der Waals surface area contributed by atoms with Crippen molar-refractivity contribution in [3.63, 3.8) is 0 Å². The number of halogens is 1. The molecule has 1 N–H and O–H groups in total. The van der Waals surface area contributed by atoms with E-state index in [4.69, 9.17) is 11.6 Å². The minimum absolute atomic E-state index is 0.133. The van der Waals surface area contributed by atoms with Gasteiger partial charge in [0.25, 0.3) is 5.91 Å². The summed E-state index contributed by atoms with van der Waals surface area (Å²) in [5.74, 6) is 0.438. The van der Waals surface area contributed by atoms with Crippen LogP contribution in [0.25, 0.3) is 0 Å². The number of hydrogen-bond acceptors (Lipinski definition) is 5. The minimum Gasteiger partial charge on any atom is -0.341 e. The van der Waals surface area contributed by atoms with Crippen molar-refractivity contribution in [3.8, 4) is 0 Å². The molecular formula is C14H17ClN4OS. The second kappa shape index (κ2) is 6.95. The number of hydrogen-bond donors (Lipinski definition) is 1. The van der Waals surface area contributed by atoms with Gasteiger partial charge in [-0.1, -0.05) is 32.4 Å². The summed E-state index contributed by atoms with van der Waals surface area (Å²) < 4.78 is 0. The molecule has 0 saturated carbocycles. The summed E-state index contributed by atoms with van der Waals surface area (Å²) in [5, 5.41) is 5.94. The molecule has 0 aliphatic heterocycles. The van der Waals surface area contributed by atoms with Gasteiger partial charge >= 0.3 is 0 Å². The lowest BCUT2D eigenvalue weighted by Gasteiger charge is -2.15. The van der Waals surface area contributed by atoms with Crippen LogP contribution in [0, 0.1) is 0 Å². The van der Waals surface area contributed by atoms with Gasteiger partial charge in [0.05, 0.1) is 17.3 Å². The summed E-state index contributed by atoms with van der Waals surface area (Å²) in [4.78, 5) is 25.0. The van der Waals surface area contributed by atoms with Crippen molar-refractivity contribution in [2.75, 3.05) is 0 Å². The number of carbonyl (C=O) groups excluding carboxylic acids is 1. The predicted octanol–water partition coefficient (Wildman–Crippen LogP) is 3.59. The molecule has 0 fully saturated rings. The predicted molar refractivity (Wildman–Crippen MR) is 83.7 cm³/mol. The second-order valence-corrected chi connectivity index (χ2v) is 6.22. The largest absolute Gasteiger partial charge is 0.341 e. The monoisotopic (exact) mass is 324 g/mol. The van der Waals surface area contributed by atoms with Crippen molar-refractivity contribution in [3.05, 3.63) is 39.3 Å². The number of thiazole rings is 1. The molecule has 7 heteroatoms. The summed E-state index contributed by atoms with van der Waals surface area (Å²) in [6.45, 7) is 5.93. The number of nitrogens with one attached hydrogen (secondary N) is 1. The Hall–Kier alpha value is -1.53. The number of nitrogens with zero attached hydrogens (tertiary/aromatic N) is 3. The maximum absolute atomic E-state index is 12.4. The van der Waals surface area contributed by atoms with Crippen molar-refractivity contribution < 1.29 is 4.79 Å². The van der Waals surface area contributed by atoms with Crippen LogP contribution >= 0.6 is 22.9 Å². The van der Waals surface area contributed by atoms with Gasteiger partial charge in [-0.05, 0) is 6.42 Å². The lowest BCUT2D eigenvalue weighted by molar-refractivity contribution is 0.0930. The van der Waals surface area contributed by atoms with Crippen LogP contribution in [0.5, 0.6) is 0 Å². The Morgan fingerprint density at radius 3 is 2.76 bits per heavy atom. The highest BCUT2D eigenvalue weighted by atomic mass is 35.5. The first-order valence-electron chi connectivity index (χ1n) is 6.75. The molecule has 0 spiro atoms. The van der Waals surface area contributed by atoms with Crippen molar-refractivity contribution in [2.24, 2.45) is 0 Å². The van der Waals surface area contributed by atoms with Crippen LogP contribution in [0.15, 0.2) is 17.8 Å². The third kappa shape index (κ3) is 3.77. The van der Waals surface area contributed by atoms with Gasteiger partial charge in [-0.2, -0.15) is 0 Å². The van der Waals surface area contributed by atoms with E-state index in [1.54, 1.807) is 6.20 Å². The van der Waals surface area contributed by atoms with Gasteiger partial charge in [0.1, 0.15) is 16.5 Å². The lowest BCUT2D eigenvalue weighted by Crippen LogP contribution is -2.29. The molecule has 112 valence electrons. The molecule has 0 aliphatic carbocycles. The Morgan fingerprint density at radius 2 is 2.19 bits per heavy atom. The molecular weight excluding hydrogens is 308 g/mol. The Kier molecular flexibility index (Phi) is 5.25. The van der Waals surface area contributed by atoms with Crippen molar-refractivity contribution in [2.45, 2.75) is 39.2 Å². The molecule has 2 aromatic heterocycles. The average Bonchev–Trinajstić information content (AvgIpc) is 2.98. The van der Waals surface area contributed by atoms with Crippen LogP contribution in [0.2, 0.25) is 5.02 Å². The van der Waals surface area contributed by atoms with Gasteiger partial charge in [0, 0.05) is 17.5 Å². The minimum atomic E-state index is -0.300. The summed E-state index contributed by atoms with van der Waals surface area (Å²) in [5.41, 5.74) is 0.213. The van der Waals surface area contributed by atoms with Crippen LogP contribution in [-0.2, 0) is 0 Å². The van der Waals surface area contributed by atoms with E-state index in [0.29, 0.717) is 5.82 Å². The zero-order chi connectivity index (χ0) is 15.4. The summed E-state index contributed by atoms with van der Waals surface area (Å²) in [7, 11) is 0. The van der Waals surface area contributed by atoms with E-state index in [1.807, 2.05) is 26.2 Å². The van der Waals surface area contributed by atoms with Crippen LogP contribution < -0.4 is 5.32 Å². The zero-order valence-corrected chi connectivity index (χ0v) is 13.7. The standard InChI is InChI=1S/C14H17ClN4OS/c1-4-10(14-16-5-6-21-14)18-13(20)11-9(15)7-17-12(19-11)8(2)3/h5-8,10H,4H2,1-3H3,(H,18,20). The van der Waals surface area contributed by atoms with Crippen LogP contribution in [-0.4, -0.2) is 20.9 Å². The maximum atomic E-state index is 12.4. The highest BCUT2D eigenvalue weighted by Crippen LogP contribution is 2.21. The third-order valence-corrected chi connectivity index (χ3v) is 4.12. The maximum Gasteiger partial charge on any atom is 0.272 e. The third-order valence-electron chi connectivity index (χ3n) is 2.96. The van der Waals surface area contributed by atoms with E-state index in [2.05, 4.69) is 20.3 Å². The molecule has 2 heterocycles. The highest BCUT2D eigenvalue weighted by molar-refractivity contribution is 7.09. The molecule has 0 saturated heterocycles. The van der Waals surface area contributed by atoms with E-state index in [-0.39, 0.29) is 28.6 Å². The number of aromatic nitrogens is 3. The average molecular weight is 325 g/mol. The van der Waals surface area contributed by atoms with Crippen LogP contribution in [0.1, 0.15) is 60.5 Å². The molecule has 1 unspecified atom stereocenters. The van der Waals surface area contributed by atoms with E-state index in [1.165, 1.54) is 17.5 Å². The van der Waals surface area contributed by atoms with Gasteiger partial charge in [0.2, 0.25) is 0 Å². The first-order chi connectivity index (χ1) is 10.0. The Labute approximate surface area is 132 Å². The summed E-state index contributed by atoms with van der Waals surface area (Å²) in [6.07, 6.45) is 3.95. The van der Waals surface area contributed by atoms with E-state index < -0.39 is 0 Å². The van der Waals surface area contributed by atoms with Crippen molar-refractivity contribution in [1.29, 1.82) is 0 Å². The van der Waals surface area contributed by atoms with Gasteiger partial charge in [-0.25, -0.2) is 15.0 Å². The van der Waals surface area contributed by atoms with Gasteiger partial charge < -0.3 is 5.32 Å². The molecule has 2 rings (SSSR count). The zero-order valence-electron chi connectivity index (χ0n) is 12.1. The first-order valence-corrected chi connectivity index (χ1v) is 8.01. The molecule has 2 aromatic rings. The smallest absolute Gasteiger partial charge is 0.272 e. The molecule has 0 bridgehead atoms. The quantitative estimate of drug-likeness (QED) is 0.912. The molecule has 0 aromatic carbocycles. The number of amides is 1. The lowest BCUT2D eigenvalue weighted by atomic mass is 10.2. The fourth-order valence-electron chi connectivity index (χ4n) is 1.79. The van der Waals surface area contributed by atoms with Crippen LogP contribution in [0.4, 0.5) is 0 Å². The highest BCUT2D eigenvalue weighted by Gasteiger charge is 2.20. The SMILES string of the molecule is CCC(NC(=O)c1nc(C(C)C)ncc1Cl)c1nccs1. The molecule has 21 heavy (non-hydrogen) atoms. The Morgan fingerprint density at radius 1 is 1.43 bits per heavy atom. The Balaban J connectivity index is 2.21. The van der Waals surface area contributed by atoms with Gasteiger partial charge in [0.15, 0.2) is 0 Å². The van der Waals surface area contributed by atoms with Crippen molar-refractivity contribution >= 4 is 28.8 Å². The van der Waals surface area contributed by atoms with Gasteiger partial charge in [-0.15, -0.1) is 11.3 Å². The fraction of sp³-hybridized carbons (Fsp3) is 0.429. The number of carbonyl (C=O) groups is 1. The molecule has 1 atom stereocenters. The topological polar surface area (TPSA) is 67.8 Å². The second-order valence-electron chi connectivity index (χ2n) is 4.88. The Bertz CT molecular complexity index is 615. The summed E-state index contributed by atoms with van der Waals surface area (Å²) >= 11 is 7.56. The molecule has 0 aliphatic rings. The van der Waals surface area contributed by atoms with Crippen LogP contribution in [0.3, 0.4) is 0 Å². The first kappa shape index (κ1) is 15.9. The molecule has 0 radical (unpaired) electrons. The normalized spacial score (nSPS) is 12.4. The van der Waals surface area contributed by atoms with Gasteiger partial charge in [-0.3, -0.25) is 4.79 Å². The molecule has 1 amide bonds. The van der Waals surface area contributed by atoms with E-state index in [9.17, 15) is 4.79 Å².